The first-order valence-electron chi connectivity index (χ1n) is 13.0. The first kappa shape index (κ1) is 25.5. The van der Waals surface area contributed by atoms with E-state index in [2.05, 4.69) is 15.7 Å². The second-order valence-electron chi connectivity index (χ2n) is 10.1. The molecule has 11 nitrogen and oxygen atoms in total. The zero-order chi connectivity index (χ0) is 28.0. The normalized spacial score (nSPS) is 19.6. The first-order valence-corrected chi connectivity index (χ1v) is 13.0. The number of benzene rings is 2. The van der Waals surface area contributed by atoms with Crippen molar-refractivity contribution >= 4 is 23.8 Å². The SMILES string of the molecule is CNC(=O)Cn1cc(-c2ccc3c(c2)CCC32NC(=O)N(CC(=O)N3CCOc4ccc(F)cc4C3)C2=O)cn1. The Kier molecular flexibility index (Phi) is 6.24. The summed E-state index contributed by atoms with van der Waals surface area (Å²) in [5.74, 6) is -0.983. The lowest BCUT2D eigenvalue weighted by molar-refractivity contribution is -0.139. The molecule has 0 bridgehead atoms. The van der Waals surface area contributed by atoms with Crippen LogP contribution in [-0.2, 0) is 39.4 Å². The van der Waals surface area contributed by atoms with E-state index in [4.69, 9.17) is 4.74 Å². The molecule has 3 heterocycles. The predicted molar refractivity (Wildman–Crippen MR) is 139 cm³/mol. The van der Waals surface area contributed by atoms with E-state index < -0.39 is 35.7 Å². The summed E-state index contributed by atoms with van der Waals surface area (Å²) in [6, 6.07) is 9.17. The molecule has 2 aliphatic heterocycles. The molecule has 6 rings (SSSR count). The van der Waals surface area contributed by atoms with Gasteiger partial charge in [0.2, 0.25) is 11.8 Å². The Morgan fingerprint density at radius 1 is 1.12 bits per heavy atom. The molecule has 1 unspecified atom stereocenters. The van der Waals surface area contributed by atoms with Crippen LogP contribution in [0.3, 0.4) is 0 Å². The number of aromatic nitrogens is 2. The summed E-state index contributed by atoms with van der Waals surface area (Å²) in [6.45, 7) is 0.263. The maximum Gasteiger partial charge on any atom is 0.325 e. The fourth-order valence-corrected chi connectivity index (χ4v) is 5.61. The fraction of sp³-hybridized carbons (Fsp3) is 0.321. The Hall–Kier alpha value is -4.74. The minimum Gasteiger partial charge on any atom is -0.491 e. The maximum absolute atomic E-state index is 13.8. The van der Waals surface area contributed by atoms with E-state index in [1.807, 2.05) is 18.2 Å². The van der Waals surface area contributed by atoms with Crippen LogP contribution in [0.15, 0.2) is 48.8 Å². The third kappa shape index (κ3) is 4.34. The number of imide groups is 1. The van der Waals surface area contributed by atoms with Crippen LogP contribution >= 0.6 is 0 Å². The number of hydrogen-bond acceptors (Lipinski definition) is 6. The average Bonchev–Trinajstić information content (AvgIpc) is 3.56. The largest absolute Gasteiger partial charge is 0.491 e. The smallest absolute Gasteiger partial charge is 0.325 e. The molecule has 3 aromatic rings. The van der Waals surface area contributed by atoms with Crippen LogP contribution in [0, 0.1) is 5.82 Å². The molecule has 1 saturated heterocycles. The van der Waals surface area contributed by atoms with Crippen molar-refractivity contribution in [3.63, 3.8) is 0 Å². The number of likely N-dealkylation sites (N-methyl/N-ethyl adjacent to an activating group) is 1. The number of halogens is 1. The van der Waals surface area contributed by atoms with Crippen LogP contribution in [0.25, 0.3) is 11.1 Å². The van der Waals surface area contributed by atoms with E-state index in [1.54, 1.807) is 24.1 Å². The summed E-state index contributed by atoms with van der Waals surface area (Å²) in [5.41, 5.74) is 2.62. The number of hydrogen-bond donors (Lipinski definition) is 2. The Labute approximate surface area is 228 Å². The molecular weight excluding hydrogens is 519 g/mol. The summed E-state index contributed by atoms with van der Waals surface area (Å²) < 4.78 is 21.0. The molecule has 40 heavy (non-hydrogen) atoms. The first-order chi connectivity index (χ1) is 19.3. The summed E-state index contributed by atoms with van der Waals surface area (Å²) in [4.78, 5) is 54.0. The highest BCUT2D eigenvalue weighted by Gasteiger charge is 2.55. The minimum absolute atomic E-state index is 0.105. The van der Waals surface area contributed by atoms with Gasteiger partial charge in [-0.25, -0.2) is 9.18 Å². The molecule has 206 valence electrons. The molecule has 1 aliphatic carbocycles. The molecule has 1 aromatic heterocycles. The number of rotatable bonds is 5. The maximum atomic E-state index is 13.8. The van der Waals surface area contributed by atoms with Crippen LogP contribution in [0.1, 0.15) is 23.1 Å². The molecule has 1 fully saturated rings. The van der Waals surface area contributed by atoms with Gasteiger partial charge in [0.15, 0.2) is 0 Å². The highest BCUT2D eigenvalue weighted by Crippen LogP contribution is 2.42. The van der Waals surface area contributed by atoms with E-state index in [0.29, 0.717) is 29.7 Å². The Bertz CT molecular complexity index is 1550. The van der Waals surface area contributed by atoms with Gasteiger partial charge in [0, 0.05) is 30.9 Å². The number of aryl methyl sites for hydroxylation is 1. The van der Waals surface area contributed by atoms with Crippen molar-refractivity contribution in [2.75, 3.05) is 26.7 Å². The fourth-order valence-electron chi connectivity index (χ4n) is 5.61. The number of urea groups is 1. The zero-order valence-electron chi connectivity index (χ0n) is 21.8. The zero-order valence-corrected chi connectivity index (χ0v) is 21.8. The van der Waals surface area contributed by atoms with Gasteiger partial charge in [-0.05, 0) is 47.7 Å². The standard InChI is InChI=1S/C28H27FN6O5/c1-30-24(36)15-34-14-20(12-31-34)17-2-4-22-18(10-17)6-7-28(22)26(38)35(27(39)32-28)16-25(37)33-8-9-40-23-5-3-21(29)11-19(23)13-33/h2-5,10-12,14H,6-9,13,15-16H2,1H3,(H,30,36)(H,32,39). The van der Waals surface area contributed by atoms with Crippen molar-refractivity contribution in [1.82, 2.24) is 30.2 Å². The van der Waals surface area contributed by atoms with Gasteiger partial charge in [-0.15, -0.1) is 0 Å². The van der Waals surface area contributed by atoms with Crippen molar-refractivity contribution in [2.24, 2.45) is 0 Å². The lowest BCUT2D eigenvalue weighted by atomic mass is 9.90. The van der Waals surface area contributed by atoms with E-state index >= 15 is 0 Å². The van der Waals surface area contributed by atoms with Crippen LogP contribution < -0.4 is 15.4 Å². The van der Waals surface area contributed by atoms with E-state index in [0.717, 1.165) is 21.6 Å². The van der Waals surface area contributed by atoms with Gasteiger partial charge >= 0.3 is 6.03 Å². The number of fused-ring (bicyclic) bond motifs is 3. The summed E-state index contributed by atoms with van der Waals surface area (Å²) in [6.07, 6.45) is 4.39. The van der Waals surface area contributed by atoms with E-state index in [-0.39, 0.29) is 32.1 Å². The predicted octanol–water partition coefficient (Wildman–Crippen LogP) is 1.55. The van der Waals surface area contributed by atoms with Crippen molar-refractivity contribution in [3.8, 4) is 16.9 Å². The quantitative estimate of drug-likeness (QED) is 0.468. The van der Waals surface area contributed by atoms with Crippen molar-refractivity contribution in [3.05, 3.63) is 71.3 Å². The molecule has 2 aromatic carbocycles. The molecule has 12 heteroatoms. The number of nitrogens with zero attached hydrogens (tertiary/aromatic N) is 4. The third-order valence-electron chi connectivity index (χ3n) is 7.71. The van der Waals surface area contributed by atoms with Gasteiger partial charge in [0.1, 0.15) is 36.8 Å². The summed E-state index contributed by atoms with van der Waals surface area (Å²) in [5, 5.41) is 9.65. The summed E-state index contributed by atoms with van der Waals surface area (Å²) in [7, 11) is 1.56. The lowest BCUT2D eigenvalue weighted by Crippen LogP contribution is -2.45. The molecule has 5 amide bonds. The van der Waals surface area contributed by atoms with Gasteiger partial charge in [-0.3, -0.25) is 24.0 Å². The number of carbonyl (C=O) groups excluding carboxylic acids is 4. The molecule has 3 aliphatic rings. The summed E-state index contributed by atoms with van der Waals surface area (Å²) >= 11 is 0. The number of nitrogens with one attached hydrogen (secondary N) is 2. The molecule has 1 atom stereocenters. The minimum atomic E-state index is -1.23. The van der Waals surface area contributed by atoms with Crippen molar-refractivity contribution in [1.29, 1.82) is 0 Å². The van der Waals surface area contributed by atoms with Gasteiger partial charge in [0.25, 0.3) is 5.91 Å². The van der Waals surface area contributed by atoms with Crippen LogP contribution in [0.2, 0.25) is 0 Å². The highest BCUT2D eigenvalue weighted by molar-refractivity contribution is 6.10. The number of carbonyl (C=O) groups is 4. The number of ether oxygens (including phenoxy) is 1. The van der Waals surface area contributed by atoms with E-state index in [1.165, 1.54) is 23.1 Å². The lowest BCUT2D eigenvalue weighted by Gasteiger charge is -2.24. The Morgan fingerprint density at radius 3 is 2.80 bits per heavy atom. The Morgan fingerprint density at radius 2 is 1.98 bits per heavy atom. The monoisotopic (exact) mass is 546 g/mol. The molecule has 0 saturated carbocycles. The third-order valence-corrected chi connectivity index (χ3v) is 7.71. The molecule has 2 N–H and O–H groups in total. The topological polar surface area (TPSA) is 126 Å². The number of amides is 5. The van der Waals surface area contributed by atoms with Crippen LogP contribution in [-0.4, -0.2) is 70.1 Å². The van der Waals surface area contributed by atoms with Gasteiger partial charge in [0.05, 0.1) is 12.7 Å². The molecule has 1 spiro atoms. The van der Waals surface area contributed by atoms with Crippen molar-refractivity contribution in [2.45, 2.75) is 31.5 Å². The van der Waals surface area contributed by atoms with Gasteiger partial charge < -0.3 is 20.3 Å². The van der Waals surface area contributed by atoms with Gasteiger partial charge in [-0.1, -0.05) is 18.2 Å². The molecule has 0 radical (unpaired) electrons. The second-order valence-corrected chi connectivity index (χ2v) is 10.1. The highest BCUT2D eigenvalue weighted by atomic mass is 19.1. The van der Waals surface area contributed by atoms with Gasteiger partial charge in [-0.2, -0.15) is 5.10 Å². The average molecular weight is 547 g/mol. The second kappa shape index (κ2) is 9.78. The Balaban J connectivity index is 1.19. The van der Waals surface area contributed by atoms with E-state index in [9.17, 15) is 23.6 Å². The van der Waals surface area contributed by atoms with Crippen molar-refractivity contribution < 1.29 is 28.3 Å². The molecular formula is C28H27FN6O5. The van der Waals surface area contributed by atoms with Crippen LogP contribution in [0.4, 0.5) is 9.18 Å². The van der Waals surface area contributed by atoms with Crippen LogP contribution in [0.5, 0.6) is 5.75 Å².